The van der Waals surface area contributed by atoms with Crippen LogP contribution in [-0.2, 0) is 17.3 Å². The van der Waals surface area contributed by atoms with Crippen molar-refractivity contribution in [1.82, 2.24) is 0 Å². The fourth-order valence-corrected chi connectivity index (χ4v) is 17.1. The van der Waals surface area contributed by atoms with E-state index in [2.05, 4.69) is 36.5 Å². The van der Waals surface area contributed by atoms with Gasteiger partial charge >= 0.3 is 27.0 Å². The van der Waals surface area contributed by atoms with Crippen molar-refractivity contribution < 1.29 is 21.7 Å². The molecule has 1 aromatic rings. The third-order valence-corrected chi connectivity index (χ3v) is 13.6. The molecule has 96 valence electrons. The number of halogens is 2. The molecule has 1 aliphatic heterocycles. The fourth-order valence-electron chi connectivity index (χ4n) is 2.91. The van der Waals surface area contributed by atoms with Gasteiger partial charge in [-0.15, -0.1) is 12.1 Å². The van der Waals surface area contributed by atoms with Crippen LogP contribution in [0.3, 0.4) is 0 Å². The summed E-state index contributed by atoms with van der Waals surface area (Å²) in [5.41, 5.74) is 1.06. The monoisotopic (exact) mass is 351 g/mol. The molecule has 0 radical (unpaired) electrons. The Labute approximate surface area is 126 Å². The van der Waals surface area contributed by atoms with E-state index >= 15 is 0 Å². The Balaban J connectivity index is 0.000000771. The van der Waals surface area contributed by atoms with Gasteiger partial charge in [0.1, 0.15) is 16.5 Å². The van der Waals surface area contributed by atoms with Gasteiger partial charge in [0.15, 0.2) is 0 Å². The molecule has 0 saturated carbocycles. The van der Waals surface area contributed by atoms with E-state index in [-0.39, 0.29) is 5.82 Å². The number of anilines is 1. The zero-order chi connectivity index (χ0) is 14.0. The van der Waals surface area contributed by atoms with Crippen molar-refractivity contribution in [1.29, 1.82) is 0 Å². The topological polar surface area (TPSA) is 3.24 Å². The number of benzene rings is 1. The maximum atomic E-state index is 13.3. The van der Waals surface area contributed by atoms with Gasteiger partial charge in [-0.1, -0.05) is 31.9 Å². The standard InChI is InChI=1S/C12H19FNSi2.ClH.Zn/c1-15(2)8-9-16(3,4)14(15)12-7-5-6-11(13)10-12;;/h6-7,10H,8-9H2,1-4H3;1H;/q-1;;+2/p-1. The van der Waals surface area contributed by atoms with Gasteiger partial charge in [0, 0.05) is 5.82 Å². The number of nitrogens with zero attached hydrogens (tertiary/aromatic N) is 1. The molecule has 0 spiro atoms. The van der Waals surface area contributed by atoms with Crippen LogP contribution < -0.4 is 4.23 Å². The maximum absolute atomic E-state index is 13.3. The molecule has 0 N–H and O–H groups in total. The average molecular weight is 353 g/mol. The first-order valence-corrected chi connectivity index (χ1v) is 16.3. The van der Waals surface area contributed by atoms with Gasteiger partial charge in [-0.2, -0.15) is 12.1 Å². The zero-order valence-electron chi connectivity index (χ0n) is 11.6. The van der Waals surface area contributed by atoms with Crippen LogP contribution >= 0.6 is 9.69 Å². The van der Waals surface area contributed by atoms with Crippen molar-refractivity contribution in [3.8, 4) is 0 Å². The van der Waals surface area contributed by atoms with E-state index in [1.165, 1.54) is 18.2 Å². The Morgan fingerprint density at radius 1 is 1.17 bits per heavy atom. The Kier molecular flexibility index (Phi) is 5.60. The second kappa shape index (κ2) is 6.17. The minimum absolute atomic E-state index is 0.168. The van der Waals surface area contributed by atoms with Gasteiger partial charge in [-0.05, 0) is 12.1 Å². The van der Waals surface area contributed by atoms with Crippen LogP contribution in [0.1, 0.15) is 0 Å². The summed E-state index contributed by atoms with van der Waals surface area (Å²) >= 11 is 0.847. The summed E-state index contributed by atoms with van der Waals surface area (Å²) in [4.78, 5) is 0. The summed E-state index contributed by atoms with van der Waals surface area (Å²) in [6, 6.07) is 10.6. The molecule has 0 aromatic heterocycles. The number of hydrogen-bond donors (Lipinski definition) is 0. The summed E-state index contributed by atoms with van der Waals surface area (Å²) in [5, 5.41) is 0. The Morgan fingerprint density at radius 3 is 2.11 bits per heavy atom. The molecule has 0 bridgehead atoms. The van der Waals surface area contributed by atoms with Crippen LogP contribution in [0, 0.1) is 11.9 Å². The van der Waals surface area contributed by atoms with E-state index in [9.17, 15) is 4.39 Å². The summed E-state index contributed by atoms with van der Waals surface area (Å²) in [7, 11) is 2.04. The second-order valence-electron chi connectivity index (χ2n) is 5.87. The average Bonchev–Trinajstić information content (AvgIpc) is 2.51. The molecule has 1 saturated heterocycles. The molecule has 0 aliphatic carbocycles. The normalized spacial score (nSPS) is 20.3. The van der Waals surface area contributed by atoms with Crippen molar-refractivity contribution in [2.24, 2.45) is 0 Å². The van der Waals surface area contributed by atoms with E-state index in [0.717, 1.165) is 23.0 Å². The summed E-state index contributed by atoms with van der Waals surface area (Å²) in [6.07, 6.45) is 0. The van der Waals surface area contributed by atoms with Crippen molar-refractivity contribution in [2.75, 3.05) is 4.23 Å². The van der Waals surface area contributed by atoms with E-state index in [4.69, 9.17) is 9.69 Å². The molecule has 0 unspecified atom stereocenters. The molecule has 1 fully saturated rings. The molecule has 1 heterocycles. The third-order valence-electron chi connectivity index (χ3n) is 3.56. The first-order valence-electron chi connectivity index (χ1n) is 6.07. The van der Waals surface area contributed by atoms with E-state index in [1.807, 2.05) is 6.07 Å². The Hall–Kier alpha value is 0.297. The zero-order valence-corrected chi connectivity index (χ0v) is 17.3. The quantitative estimate of drug-likeness (QED) is 0.529. The molecule has 0 amide bonds. The third kappa shape index (κ3) is 3.44. The van der Waals surface area contributed by atoms with Gasteiger partial charge in [0.2, 0.25) is 0 Å². The van der Waals surface area contributed by atoms with Gasteiger partial charge in [-0.25, -0.2) is 0 Å². The first kappa shape index (κ1) is 16.4. The summed E-state index contributed by atoms with van der Waals surface area (Å²) < 4.78 is 15.9. The predicted molar refractivity (Wildman–Crippen MR) is 78.1 cm³/mol. The molecule has 2 rings (SSSR count). The Bertz CT molecular complexity index is 399. The molecular formula is C12H19ClFNSi2Zn. The van der Waals surface area contributed by atoms with Gasteiger partial charge in [-0.3, -0.25) is 4.39 Å². The van der Waals surface area contributed by atoms with Crippen molar-refractivity contribution in [3.63, 3.8) is 0 Å². The SMILES string of the molecule is C[Si]1(C)CC[Si](C)(C)N1c1c[c-]cc(F)c1.[Cl][Zn+]. The van der Waals surface area contributed by atoms with Crippen molar-refractivity contribution in [3.05, 3.63) is 30.1 Å². The van der Waals surface area contributed by atoms with Crippen LogP contribution in [0.4, 0.5) is 10.1 Å². The molecule has 1 nitrogen and oxygen atoms in total. The van der Waals surface area contributed by atoms with Gasteiger partial charge < -0.3 is 4.23 Å². The summed E-state index contributed by atoms with van der Waals surface area (Å²) in [6.45, 7) is 9.55. The van der Waals surface area contributed by atoms with Crippen LogP contribution in [0.5, 0.6) is 0 Å². The molecule has 1 aliphatic rings. The van der Waals surface area contributed by atoms with Gasteiger partial charge in [0.05, 0.1) is 0 Å². The molecule has 6 heteroatoms. The molecule has 18 heavy (non-hydrogen) atoms. The van der Waals surface area contributed by atoms with Gasteiger partial charge in [0.25, 0.3) is 0 Å². The van der Waals surface area contributed by atoms with Crippen molar-refractivity contribution >= 4 is 31.8 Å². The van der Waals surface area contributed by atoms with E-state index in [0.29, 0.717) is 0 Å². The molecule has 1 aromatic carbocycles. The van der Waals surface area contributed by atoms with Crippen LogP contribution in [-0.4, -0.2) is 16.5 Å². The van der Waals surface area contributed by atoms with E-state index in [1.54, 1.807) is 6.07 Å². The van der Waals surface area contributed by atoms with E-state index < -0.39 is 16.5 Å². The summed E-state index contributed by atoms with van der Waals surface area (Å²) in [5.74, 6) is -0.168. The number of hydrogen-bond acceptors (Lipinski definition) is 1. The molecular weight excluding hydrogens is 334 g/mol. The van der Waals surface area contributed by atoms with Crippen LogP contribution in [0.15, 0.2) is 18.2 Å². The second-order valence-corrected chi connectivity index (χ2v) is 15.5. The Morgan fingerprint density at radius 2 is 1.67 bits per heavy atom. The minimum atomic E-state index is -1.36. The molecule has 0 atom stereocenters. The predicted octanol–water partition coefficient (Wildman–Crippen LogP) is 4.54. The fraction of sp³-hybridized carbons (Fsp3) is 0.500. The van der Waals surface area contributed by atoms with Crippen LogP contribution in [0.25, 0.3) is 0 Å². The van der Waals surface area contributed by atoms with Crippen LogP contribution in [0.2, 0.25) is 38.3 Å². The number of rotatable bonds is 1. The first-order chi connectivity index (χ1) is 8.33. The van der Waals surface area contributed by atoms with Crippen molar-refractivity contribution in [2.45, 2.75) is 38.3 Å².